The van der Waals surface area contributed by atoms with Gasteiger partial charge in [0.05, 0.1) is 17.1 Å². The zero-order valence-electron chi connectivity index (χ0n) is 9.65. The van der Waals surface area contributed by atoms with Crippen LogP contribution in [0.25, 0.3) is 16.6 Å². The number of benzene rings is 1. The first-order chi connectivity index (χ1) is 9.06. The maximum Gasteiger partial charge on any atom is 0.259 e. The summed E-state index contributed by atoms with van der Waals surface area (Å²) in [5, 5.41) is -0.0578. The van der Waals surface area contributed by atoms with E-state index in [9.17, 15) is 13.6 Å². The van der Waals surface area contributed by atoms with Gasteiger partial charge in [0.1, 0.15) is 5.70 Å². The third-order valence-electron chi connectivity index (χ3n) is 2.37. The highest BCUT2D eigenvalue weighted by atomic mass is 19.2. The Morgan fingerprint density at radius 2 is 2.00 bits per heavy atom. The molecule has 2 rings (SSSR count). The van der Waals surface area contributed by atoms with E-state index in [-0.39, 0.29) is 22.4 Å². The molecule has 1 aromatic carbocycles. The molecule has 96 valence electrons. The van der Waals surface area contributed by atoms with Gasteiger partial charge >= 0.3 is 0 Å². The Morgan fingerprint density at radius 1 is 1.32 bits per heavy atom. The summed E-state index contributed by atoms with van der Waals surface area (Å²) < 4.78 is 26.2. The van der Waals surface area contributed by atoms with Crippen LogP contribution in [0.15, 0.2) is 33.1 Å². The minimum absolute atomic E-state index is 0.0104. The molecule has 0 unspecified atom stereocenters. The lowest BCUT2D eigenvalue weighted by molar-refractivity contribution is 0.510. The van der Waals surface area contributed by atoms with Crippen LogP contribution in [0.3, 0.4) is 0 Å². The average Bonchev–Trinajstić information content (AvgIpc) is 2.38. The van der Waals surface area contributed by atoms with Gasteiger partial charge in [0.15, 0.2) is 17.5 Å². The van der Waals surface area contributed by atoms with Crippen LogP contribution in [0, 0.1) is 11.6 Å². The smallest absolute Gasteiger partial charge is 0.259 e. The number of nitrogens with one attached hydrogen (secondary N) is 1. The largest absolute Gasteiger partial charge is 0.305 e. The highest BCUT2D eigenvalue weighted by Gasteiger charge is 2.11. The second kappa shape index (κ2) is 4.89. The molecule has 0 aliphatic rings. The predicted molar refractivity (Wildman–Crippen MR) is 69.4 cm³/mol. The fraction of sp³-hybridized carbons (Fsp3) is 0. The highest BCUT2D eigenvalue weighted by molar-refractivity contribution is 5.79. The van der Waals surface area contributed by atoms with Gasteiger partial charge in [0.2, 0.25) is 0 Å². The van der Waals surface area contributed by atoms with E-state index in [1.165, 1.54) is 6.20 Å². The van der Waals surface area contributed by atoms with Crippen molar-refractivity contribution in [2.75, 3.05) is 0 Å². The van der Waals surface area contributed by atoms with E-state index in [1.807, 2.05) is 0 Å². The van der Waals surface area contributed by atoms with Crippen molar-refractivity contribution in [2.45, 2.75) is 0 Å². The van der Waals surface area contributed by atoms with Crippen molar-refractivity contribution in [3.8, 4) is 0 Å². The molecule has 2 aromatic rings. The van der Waals surface area contributed by atoms with E-state index in [1.54, 1.807) is 0 Å². The van der Waals surface area contributed by atoms with Crippen molar-refractivity contribution in [1.29, 1.82) is 0 Å². The molecule has 1 heterocycles. The molecule has 0 spiro atoms. The quantitative estimate of drug-likeness (QED) is 0.858. The van der Waals surface area contributed by atoms with E-state index >= 15 is 0 Å². The summed E-state index contributed by atoms with van der Waals surface area (Å²) >= 11 is 0. The number of hydrogen-bond acceptors (Lipinski definition) is 4. The second-order valence-electron chi connectivity index (χ2n) is 3.55. The number of H-pyrrole nitrogens is 1. The maximum atomic E-state index is 13.1. The van der Waals surface area contributed by atoms with Crippen molar-refractivity contribution < 1.29 is 8.78 Å². The van der Waals surface area contributed by atoms with Gasteiger partial charge in [-0.2, -0.15) is 0 Å². The topological polar surface area (TPSA) is 70.5 Å². The first-order valence-corrected chi connectivity index (χ1v) is 5.09. The molecule has 5 nitrogen and oxygen atoms in total. The first kappa shape index (κ1) is 12.7. The number of aromatic nitrogens is 2. The van der Waals surface area contributed by atoms with Crippen LogP contribution >= 0.6 is 0 Å². The third-order valence-corrected chi connectivity index (χ3v) is 2.37. The van der Waals surface area contributed by atoms with Gasteiger partial charge in [-0.1, -0.05) is 0 Å². The molecule has 0 aliphatic heterocycles. The number of rotatable bonds is 3. The van der Waals surface area contributed by atoms with Crippen LogP contribution < -0.4 is 5.56 Å². The van der Waals surface area contributed by atoms with E-state index in [2.05, 4.69) is 33.4 Å². The molecule has 7 heteroatoms. The summed E-state index contributed by atoms with van der Waals surface area (Å²) in [5.74, 6) is -2.15. The van der Waals surface area contributed by atoms with Crippen LogP contribution in [0.2, 0.25) is 0 Å². The lowest BCUT2D eigenvalue weighted by atomic mass is 10.2. The summed E-state index contributed by atoms with van der Waals surface area (Å²) in [6.07, 6.45) is 1.23. The predicted octanol–water partition coefficient (Wildman–Crippen LogP) is 1.90. The molecule has 0 aliphatic carbocycles. The van der Waals surface area contributed by atoms with E-state index in [0.717, 1.165) is 12.1 Å². The molecule has 0 atom stereocenters. The molecule has 0 bridgehead atoms. The van der Waals surface area contributed by atoms with E-state index in [4.69, 9.17) is 0 Å². The molecular weight excluding hydrogens is 254 g/mol. The number of aromatic amines is 1. The van der Waals surface area contributed by atoms with Gasteiger partial charge in [-0.3, -0.25) is 14.8 Å². The zero-order chi connectivity index (χ0) is 14.0. The minimum Gasteiger partial charge on any atom is -0.305 e. The maximum absolute atomic E-state index is 13.1. The average molecular weight is 262 g/mol. The van der Waals surface area contributed by atoms with Crippen LogP contribution in [0.5, 0.6) is 0 Å². The molecule has 1 aromatic heterocycles. The summed E-state index contributed by atoms with van der Waals surface area (Å²) in [6.45, 7) is 6.54. The SMILES string of the molecule is C=N/C=C(\N=C)c1nc2cc(F)c(F)cc2c(=O)[nH]1. The lowest BCUT2D eigenvalue weighted by Crippen LogP contribution is -2.12. The molecule has 0 amide bonds. The Morgan fingerprint density at radius 3 is 2.63 bits per heavy atom. The van der Waals surface area contributed by atoms with Crippen molar-refractivity contribution in [1.82, 2.24) is 9.97 Å². The van der Waals surface area contributed by atoms with Crippen molar-refractivity contribution >= 4 is 30.0 Å². The van der Waals surface area contributed by atoms with Crippen molar-refractivity contribution in [3.63, 3.8) is 0 Å². The molecule has 1 N–H and O–H groups in total. The first-order valence-electron chi connectivity index (χ1n) is 5.09. The van der Waals surface area contributed by atoms with Gasteiger partial charge < -0.3 is 4.98 Å². The summed E-state index contributed by atoms with van der Waals surface area (Å²) in [7, 11) is 0. The molecular formula is C12H8F2N4O. The van der Waals surface area contributed by atoms with Crippen molar-refractivity contribution in [3.05, 3.63) is 46.1 Å². The Balaban J connectivity index is 2.78. The number of aliphatic imine (C=N–C) groups is 2. The molecule has 0 radical (unpaired) electrons. The van der Waals surface area contributed by atoms with Crippen LogP contribution in [-0.2, 0) is 0 Å². The highest BCUT2D eigenvalue weighted by Crippen LogP contribution is 2.16. The van der Waals surface area contributed by atoms with Gasteiger partial charge in [-0.15, -0.1) is 0 Å². The molecule has 19 heavy (non-hydrogen) atoms. The second-order valence-corrected chi connectivity index (χ2v) is 3.55. The fourth-order valence-electron chi connectivity index (χ4n) is 1.52. The van der Waals surface area contributed by atoms with E-state index in [0.29, 0.717) is 0 Å². The summed E-state index contributed by atoms with van der Waals surface area (Å²) in [4.78, 5) is 25.2. The Bertz CT molecular complexity index is 764. The Kier molecular flexibility index (Phi) is 3.28. The fourth-order valence-corrected chi connectivity index (χ4v) is 1.52. The lowest BCUT2D eigenvalue weighted by Gasteiger charge is -2.03. The van der Waals surface area contributed by atoms with Gasteiger partial charge in [0.25, 0.3) is 5.56 Å². The van der Waals surface area contributed by atoms with Crippen LogP contribution in [-0.4, -0.2) is 23.4 Å². The number of halogens is 2. The Hall–Kier alpha value is -2.70. The monoisotopic (exact) mass is 262 g/mol. The van der Waals surface area contributed by atoms with Gasteiger partial charge in [-0.25, -0.2) is 13.8 Å². The van der Waals surface area contributed by atoms with Crippen LogP contribution in [0.1, 0.15) is 5.82 Å². The third kappa shape index (κ3) is 2.30. The van der Waals surface area contributed by atoms with Gasteiger partial charge in [-0.05, 0) is 19.5 Å². The van der Waals surface area contributed by atoms with Gasteiger partial charge in [0, 0.05) is 6.07 Å². The molecule has 0 saturated heterocycles. The number of fused-ring (bicyclic) bond motifs is 1. The minimum atomic E-state index is -1.11. The standard InChI is InChI=1S/C12H8F2N4O/c1-15-5-10(16-2)11-17-9-4-8(14)7(13)3-6(9)12(19)18-11/h3-5H,1-2H2,(H,17,18,19)/b10-5-. The summed E-state index contributed by atoms with van der Waals surface area (Å²) in [5.41, 5.74) is -0.437. The number of nitrogens with zero attached hydrogens (tertiary/aromatic N) is 3. The molecule has 0 fully saturated rings. The zero-order valence-corrected chi connectivity index (χ0v) is 9.65. The number of hydrogen-bond donors (Lipinski definition) is 1. The summed E-state index contributed by atoms with van der Waals surface area (Å²) in [6, 6.07) is 1.63. The van der Waals surface area contributed by atoms with Crippen LogP contribution in [0.4, 0.5) is 8.78 Å². The normalized spacial score (nSPS) is 11.6. The Labute approximate surface area is 106 Å². The molecule has 0 saturated carbocycles. The van der Waals surface area contributed by atoms with E-state index < -0.39 is 17.2 Å². The van der Waals surface area contributed by atoms with Crippen molar-refractivity contribution in [2.24, 2.45) is 9.98 Å².